The molecule has 2 saturated heterocycles. The molecule has 6 heteroatoms. The van der Waals surface area contributed by atoms with Gasteiger partial charge in [0.15, 0.2) is 0 Å². The summed E-state index contributed by atoms with van der Waals surface area (Å²) in [6, 6.07) is 4.22. The first kappa shape index (κ1) is 15.5. The largest absolute Gasteiger partial charge is 0.338 e. The van der Waals surface area contributed by atoms with Crippen LogP contribution in [0.2, 0.25) is 5.02 Å². The van der Waals surface area contributed by atoms with Gasteiger partial charge in [0.25, 0.3) is 5.91 Å². The molecule has 1 aromatic rings. The Bertz CT molecular complexity index is 518. The zero-order valence-corrected chi connectivity index (χ0v) is 12.6. The third kappa shape index (κ3) is 2.78. The van der Waals surface area contributed by atoms with E-state index in [1.807, 2.05) is 0 Å². The lowest BCUT2D eigenvalue weighted by atomic mass is 9.86. The first-order chi connectivity index (χ1) is 9.10. The molecule has 0 bridgehead atoms. The van der Waals surface area contributed by atoms with Crippen LogP contribution in [0, 0.1) is 11.2 Å². The third-order valence-electron chi connectivity index (χ3n) is 4.22. The van der Waals surface area contributed by atoms with Crippen molar-refractivity contribution in [2.45, 2.75) is 12.8 Å². The summed E-state index contributed by atoms with van der Waals surface area (Å²) in [6.45, 7) is 3.40. The smallest absolute Gasteiger partial charge is 0.256 e. The molecular weight excluding hydrogens is 302 g/mol. The van der Waals surface area contributed by atoms with E-state index in [-0.39, 0.29) is 29.3 Å². The van der Waals surface area contributed by atoms with Gasteiger partial charge in [-0.05, 0) is 37.6 Å². The quantitative estimate of drug-likeness (QED) is 0.863. The number of rotatable bonds is 1. The Labute approximate surface area is 128 Å². The molecule has 1 atom stereocenters. The Hall–Kier alpha value is -0.840. The highest BCUT2D eigenvalue weighted by Gasteiger charge is 2.42. The predicted octanol–water partition coefficient (Wildman–Crippen LogP) is 2.73. The summed E-state index contributed by atoms with van der Waals surface area (Å²) in [5.41, 5.74) is 0.325. The molecule has 1 N–H and O–H groups in total. The van der Waals surface area contributed by atoms with Crippen LogP contribution in [0.4, 0.5) is 4.39 Å². The fourth-order valence-corrected chi connectivity index (χ4v) is 3.24. The summed E-state index contributed by atoms with van der Waals surface area (Å²) in [6.07, 6.45) is 2.10. The van der Waals surface area contributed by atoms with Crippen molar-refractivity contribution >= 4 is 29.9 Å². The number of carbonyl (C=O) groups is 1. The zero-order valence-electron chi connectivity index (χ0n) is 11.0. The van der Waals surface area contributed by atoms with Crippen LogP contribution in [0.25, 0.3) is 0 Å². The second-order valence-electron chi connectivity index (χ2n) is 5.53. The van der Waals surface area contributed by atoms with Gasteiger partial charge in [-0.1, -0.05) is 11.6 Å². The molecule has 2 fully saturated rings. The average Bonchev–Trinajstić information content (AvgIpc) is 3.00. The fourth-order valence-electron chi connectivity index (χ4n) is 3.09. The molecule has 1 spiro atoms. The van der Waals surface area contributed by atoms with Crippen LogP contribution in [0.15, 0.2) is 18.2 Å². The number of nitrogens with one attached hydrogen (secondary N) is 1. The van der Waals surface area contributed by atoms with E-state index in [9.17, 15) is 9.18 Å². The van der Waals surface area contributed by atoms with E-state index in [0.29, 0.717) is 11.6 Å². The van der Waals surface area contributed by atoms with Gasteiger partial charge in [-0.15, -0.1) is 12.4 Å². The standard InChI is InChI=1S/C14H16ClFN2O.ClH/c15-10-1-2-11(12(16)7-10)13(19)18-6-4-14(9-18)3-5-17-8-14;/h1-2,7,17H,3-6,8-9H2;1H. The van der Waals surface area contributed by atoms with Crippen molar-refractivity contribution in [3.05, 3.63) is 34.6 Å². The maximum Gasteiger partial charge on any atom is 0.256 e. The van der Waals surface area contributed by atoms with Crippen LogP contribution in [0.5, 0.6) is 0 Å². The molecule has 2 aliphatic heterocycles. The van der Waals surface area contributed by atoms with Crippen LogP contribution in [0.1, 0.15) is 23.2 Å². The fraction of sp³-hybridized carbons (Fsp3) is 0.500. The van der Waals surface area contributed by atoms with Gasteiger partial charge in [0.05, 0.1) is 5.56 Å². The van der Waals surface area contributed by atoms with E-state index < -0.39 is 5.82 Å². The average molecular weight is 319 g/mol. The lowest BCUT2D eigenvalue weighted by molar-refractivity contribution is 0.0771. The van der Waals surface area contributed by atoms with Crippen LogP contribution in [0.3, 0.4) is 0 Å². The van der Waals surface area contributed by atoms with Crippen molar-refractivity contribution in [3.8, 4) is 0 Å². The topological polar surface area (TPSA) is 32.3 Å². The molecule has 2 aliphatic rings. The summed E-state index contributed by atoms with van der Waals surface area (Å²) >= 11 is 5.71. The maximum absolute atomic E-state index is 13.8. The van der Waals surface area contributed by atoms with Crippen molar-refractivity contribution < 1.29 is 9.18 Å². The number of benzene rings is 1. The molecule has 2 heterocycles. The summed E-state index contributed by atoms with van der Waals surface area (Å²) in [5, 5.41) is 3.66. The third-order valence-corrected chi connectivity index (χ3v) is 4.45. The number of hydrogen-bond acceptors (Lipinski definition) is 2. The molecule has 0 aliphatic carbocycles. The van der Waals surface area contributed by atoms with Crippen molar-refractivity contribution in [2.75, 3.05) is 26.2 Å². The Kier molecular flexibility index (Phi) is 4.57. The van der Waals surface area contributed by atoms with Crippen molar-refractivity contribution in [3.63, 3.8) is 0 Å². The number of likely N-dealkylation sites (tertiary alicyclic amines) is 1. The van der Waals surface area contributed by atoms with Crippen molar-refractivity contribution in [2.24, 2.45) is 5.41 Å². The number of halogens is 3. The molecule has 1 aromatic carbocycles. The number of nitrogens with zero attached hydrogens (tertiary/aromatic N) is 1. The van der Waals surface area contributed by atoms with E-state index in [2.05, 4.69) is 5.32 Å². The van der Waals surface area contributed by atoms with Crippen LogP contribution in [-0.4, -0.2) is 37.0 Å². The predicted molar refractivity (Wildman–Crippen MR) is 79.1 cm³/mol. The molecule has 3 nitrogen and oxygen atoms in total. The van der Waals surface area contributed by atoms with Crippen LogP contribution >= 0.6 is 24.0 Å². The SMILES string of the molecule is Cl.O=C(c1ccc(Cl)cc1F)N1CCC2(CCNC2)C1. The molecule has 20 heavy (non-hydrogen) atoms. The van der Waals surface area contributed by atoms with Crippen LogP contribution in [-0.2, 0) is 0 Å². The minimum atomic E-state index is -0.539. The highest BCUT2D eigenvalue weighted by atomic mass is 35.5. The Morgan fingerprint density at radius 2 is 2.20 bits per heavy atom. The van der Waals surface area contributed by atoms with E-state index in [1.165, 1.54) is 12.1 Å². The van der Waals surface area contributed by atoms with Gasteiger partial charge in [0.2, 0.25) is 0 Å². The van der Waals surface area contributed by atoms with Gasteiger partial charge >= 0.3 is 0 Å². The lowest BCUT2D eigenvalue weighted by Crippen LogP contribution is -2.33. The second kappa shape index (κ2) is 5.88. The lowest BCUT2D eigenvalue weighted by Gasteiger charge is -2.23. The molecular formula is C14H17Cl2FN2O. The van der Waals surface area contributed by atoms with Gasteiger partial charge in [-0.25, -0.2) is 4.39 Å². The van der Waals surface area contributed by atoms with Crippen molar-refractivity contribution in [1.29, 1.82) is 0 Å². The van der Waals surface area contributed by atoms with E-state index in [4.69, 9.17) is 11.6 Å². The second-order valence-corrected chi connectivity index (χ2v) is 5.96. The summed E-state index contributed by atoms with van der Waals surface area (Å²) < 4.78 is 13.8. The zero-order chi connectivity index (χ0) is 13.5. The van der Waals surface area contributed by atoms with Crippen molar-refractivity contribution in [1.82, 2.24) is 10.2 Å². The highest BCUT2D eigenvalue weighted by molar-refractivity contribution is 6.30. The highest BCUT2D eigenvalue weighted by Crippen LogP contribution is 2.36. The van der Waals surface area contributed by atoms with E-state index in [1.54, 1.807) is 11.0 Å². The Morgan fingerprint density at radius 1 is 1.40 bits per heavy atom. The van der Waals surface area contributed by atoms with Gasteiger partial charge in [0.1, 0.15) is 5.82 Å². The molecule has 0 radical (unpaired) electrons. The van der Waals surface area contributed by atoms with Gasteiger partial charge in [-0.2, -0.15) is 0 Å². The monoisotopic (exact) mass is 318 g/mol. The first-order valence-corrected chi connectivity index (χ1v) is 6.93. The minimum Gasteiger partial charge on any atom is -0.338 e. The first-order valence-electron chi connectivity index (χ1n) is 6.55. The maximum atomic E-state index is 13.8. The van der Waals surface area contributed by atoms with E-state index >= 15 is 0 Å². The molecule has 3 rings (SSSR count). The molecule has 110 valence electrons. The molecule has 0 aromatic heterocycles. The Morgan fingerprint density at radius 3 is 2.85 bits per heavy atom. The van der Waals surface area contributed by atoms with Crippen LogP contribution < -0.4 is 5.32 Å². The Balaban J connectivity index is 0.00000147. The molecule has 1 amide bonds. The van der Waals surface area contributed by atoms with Gasteiger partial charge in [-0.3, -0.25) is 4.79 Å². The number of amides is 1. The minimum absolute atomic E-state index is 0. The molecule has 1 unspecified atom stereocenters. The van der Waals surface area contributed by atoms with E-state index in [0.717, 1.165) is 32.5 Å². The summed E-state index contributed by atoms with van der Waals surface area (Å²) in [4.78, 5) is 14.1. The number of carbonyl (C=O) groups excluding carboxylic acids is 1. The molecule has 0 saturated carbocycles. The summed E-state index contributed by atoms with van der Waals surface area (Å²) in [7, 11) is 0. The number of hydrogen-bond donors (Lipinski definition) is 1. The van der Waals surface area contributed by atoms with Gasteiger partial charge < -0.3 is 10.2 Å². The summed E-state index contributed by atoms with van der Waals surface area (Å²) in [5.74, 6) is -0.763. The van der Waals surface area contributed by atoms with Gasteiger partial charge in [0, 0.05) is 30.1 Å². The normalized spacial score (nSPS) is 25.0.